The number of urea groups is 1. The Balaban J connectivity index is 0. The maximum Gasteiger partial charge on any atom is 0.335 e. The van der Waals surface area contributed by atoms with Crippen molar-refractivity contribution in [3.8, 4) is 0 Å². The molecule has 15 nitrogen and oxygen atoms in total. The summed E-state index contributed by atoms with van der Waals surface area (Å²) >= 11 is 0. The third-order valence-corrected chi connectivity index (χ3v) is 2.76. The van der Waals surface area contributed by atoms with Crippen LogP contribution in [0.15, 0.2) is 29.3 Å². The minimum absolute atomic E-state index is 0.0856. The van der Waals surface area contributed by atoms with E-state index in [4.69, 9.17) is 44.0 Å². The molecule has 30 heavy (non-hydrogen) atoms. The highest BCUT2D eigenvalue weighted by Crippen LogP contribution is 2.04. The van der Waals surface area contributed by atoms with Crippen molar-refractivity contribution < 1.29 is 34.5 Å². The predicted octanol–water partition coefficient (Wildman–Crippen LogP) is -3.29. The molecule has 0 saturated carbocycles. The maximum atomic E-state index is 10.3. The third-order valence-electron chi connectivity index (χ3n) is 2.76. The highest BCUT2D eigenvalue weighted by atomic mass is 16.4. The van der Waals surface area contributed by atoms with E-state index in [1.54, 1.807) is 12.1 Å². The molecule has 0 spiro atoms. The topological polar surface area (TPSA) is 309 Å². The fraction of sp³-hybridized carbons (Fsp3) is 0.267. The van der Waals surface area contributed by atoms with Crippen LogP contribution >= 0.6 is 0 Å². The van der Waals surface area contributed by atoms with E-state index in [0.717, 1.165) is 0 Å². The normalized spacial score (nSPS) is 11.1. The number of hydrogen-bond acceptors (Lipinski definition) is 8. The van der Waals surface area contributed by atoms with Crippen LogP contribution in [0.5, 0.6) is 0 Å². The van der Waals surface area contributed by atoms with Gasteiger partial charge in [-0.2, -0.15) is 0 Å². The zero-order valence-corrected chi connectivity index (χ0v) is 15.8. The van der Waals surface area contributed by atoms with E-state index in [0.29, 0.717) is 5.69 Å². The van der Waals surface area contributed by atoms with Crippen LogP contribution in [0.4, 0.5) is 10.5 Å². The Kier molecular flexibility index (Phi) is 13.9. The molecule has 168 valence electrons. The van der Waals surface area contributed by atoms with Crippen molar-refractivity contribution >= 4 is 35.6 Å². The second-order valence-electron chi connectivity index (χ2n) is 5.33. The van der Waals surface area contributed by atoms with E-state index in [2.05, 4.69) is 16.0 Å². The van der Waals surface area contributed by atoms with E-state index >= 15 is 0 Å². The van der Waals surface area contributed by atoms with Gasteiger partial charge < -0.3 is 55.0 Å². The Labute approximate surface area is 170 Å². The summed E-state index contributed by atoms with van der Waals surface area (Å²) in [4.78, 5) is 43.7. The lowest BCUT2D eigenvalue weighted by Crippen LogP contribution is -2.44. The molecule has 0 aromatic heterocycles. The van der Waals surface area contributed by atoms with Crippen LogP contribution in [0, 0.1) is 0 Å². The Hall–Kier alpha value is -4.11. The van der Waals surface area contributed by atoms with Crippen molar-refractivity contribution in [1.82, 2.24) is 5.32 Å². The number of guanidine groups is 1. The molecule has 0 aliphatic heterocycles. The first-order valence-electron chi connectivity index (χ1n) is 7.92. The van der Waals surface area contributed by atoms with E-state index in [9.17, 15) is 19.2 Å². The summed E-state index contributed by atoms with van der Waals surface area (Å²) in [6.07, 6.45) is 0. The summed E-state index contributed by atoms with van der Waals surface area (Å²) in [7, 11) is 0. The molecule has 1 rings (SSSR count). The summed E-state index contributed by atoms with van der Waals surface area (Å²) in [6, 6.07) is 3.16. The number of nitrogen functional groups attached to an aromatic ring is 1. The van der Waals surface area contributed by atoms with Crippen molar-refractivity contribution in [3.05, 3.63) is 29.8 Å². The smallest absolute Gasteiger partial charge is 0.335 e. The Morgan fingerprint density at radius 2 is 1.37 bits per heavy atom. The van der Waals surface area contributed by atoms with Gasteiger partial charge in [0.1, 0.15) is 12.1 Å². The van der Waals surface area contributed by atoms with E-state index in [1.807, 2.05) is 0 Å². The van der Waals surface area contributed by atoms with Gasteiger partial charge in [-0.3, -0.25) is 14.6 Å². The van der Waals surface area contributed by atoms with Gasteiger partial charge in [0.15, 0.2) is 5.96 Å². The molecule has 0 fully saturated rings. The number of nitrogens with zero attached hydrogens (tertiary/aromatic N) is 1. The predicted molar refractivity (Wildman–Crippen MR) is 107 cm³/mol. The Morgan fingerprint density at radius 1 is 0.900 bits per heavy atom. The fourth-order valence-electron chi connectivity index (χ4n) is 1.21. The Bertz CT molecular complexity index is 735. The van der Waals surface area contributed by atoms with Crippen LogP contribution in [-0.2, 0) is 9.59 Å². The van der Waals surface area contributed by atoms with Gasteiger partial charge in [-0.05, 0) is 24.3 Å². The molecular weight excluding hydrogens is 404 g/mol. The lowest BCUT2D eigenvalue weighted by atomic mass is 10.2. The zero-order valence-electron chi connectivity index (χ0n) is 15.8. The Morgan fingerprint density at radius 3 is 1.70 bits per heavy atom. The van der Waals surface area contributed by atoms with Gasteiger partial charge in [-0.15, -0.1) is 0 Å². The van der Waals surface area contributed by atoms with Crippen molar-refractivity contribution in [2.24, 2.45) is 33.7 Å². The first-order chi connectivity index (χ1) is 13.8. The summed E-state index contributed by atoms with van der Waals surface area (Å²) in [5.74, 6) is -3.38. The number of amides is 2. The number of nitrogens with one attached hydrogen (secondary N) is 1. The number of rotatable bonds is 7. The molecule has 0 aliphatic carbocycles. The van der Waals surface area contributed by atoms with E-state index < -0.39 is 36.0 Å². The molecule has 0 radical (unpaired) electrons. The second kappa shape index (κ2) is 14.9. The number of aliphatic imine (C=N–C) groups is 1. The quantitative estimate of drug-likeness (QED) is 0.115. The largest absolute Gasteiger partial charge is 0.480 e. The van der Waals surface area contributed by atoms with Crippen LogP contribution < -0.4 is 39.7 Å². The zero-order chi connectivity index (χ0) is 23.9. The molecule has 0 saturated heterocycles. The van der Waals surface area contributed by atoms with Crippen molar-refractivity contribution in [1.29, 1.82) is 0 Å². The summed E-state index contributed by atoms with van der Waals surface area (Å²) in [5.41, 5.74) is 30.7. The van der Waals surface area contributed by atoms with Gasteiger partial charge >= 0.3 is 23.9 Å². The van der Waals surface area contributed by atoms with Gasteiger partial charge in [-0.1, -0.05) is 0 Å². The number of carbonyl (C=O) groups excluding carboxylic acids is 1. The summed E-state index contributed by atoms with van der Waals surface area (Å²) in [5, 5.41) is 26.9. The van der Waals surface area contributed by atoms with Gasteiger partial charge in [0.25, 0.3) is 0 Å². The molecule has 15 heteroatoms. The number of primary amides is 1. The maximum absolute atomic E-state index is 10.3. The average molecular weight is 430 g/mol. The molecule has 16 N–H and O–H groups in total. The monoisotopic (exact) mass is 430 g/mol. The van der Waals surface area contributed by atoms with Crippen molar-refractivity contribution in [3.63, 3.8) is 0 Å². The van der Waals surface area contributed by atoms with Gasteiger partial charge in [-0.25, -0.2) is 9.59 Å². The minimum Gasteiger partial charge on any atom is -0.480 e. The number of aliphatic carboxylic acids is 2. The molecule has 2 amide bonds. The lowest BCUT2D eigenvalue weighted by molar-refractivity contribution is -0.139. The first-order valence-corrected chi connectivity index (χ1v) is 7.92. The molecule has 0 heterocycles. The van der Waals surface area contributed by atoms with Gasteiger partial charge in [0, 0.05) is 12.2 Å². The third kappa shape index (κ3) is 16.1. The van der Waals surface area contributed by atoms with Crippen molar-refractivity contribution in [2.75, 3.05) is 18.8 Å². The molecule has 2 atom stereocenters. The van der Waals surface area contributed by atoms with Crippen LogP contribution in [0.3, 0.4) is 0 Å². The van der Waals surface area contributed by atoms with E-state index in [-0.39, 0.29) is 24.6 Å². The standard InChI is InChI=1S/C7H7NO2.C4H10N4O2.C4H9N3O3/c8-6-3-1-5(2-4-6)7(9)10;5-2(3(9)10)1-8-4(6)7;5-2(3(8)9)1-7-4(6)10/h1-4H,8H2,(H,9,10);2H,1,5H2,(H,9,10)(H4,6,7,8);2H,1,5H2,(H,8,9)(H3,6,7,10). The lowest BCUT2D eigenvalue weighted by Gasteiger charge is -2.04. The van der Waals surface area contributed by atoms with Crippen molar-refractivity contribution in [2.45, 2.75) is 12.1 Å². The average Bonchev–Trinajstić information content (AvgIpc) is 2.65. The first kappa shape index (κ1) is 28.1. The number of hydrogen-bond donors (Lipinski definition) is 10. The number of carbonyl (C=O) groups is 4. The molecule has 1 aromatic rings. The van der Waals surface area contributed by atoms with Crippen LogP contribution in [0.1, 0.15) is 10.4 Å². The fourth-order valence-corrected chi connectivity index (χ4v) is 1.21. The number of nitrogens with two attached hydrogens (primary N) is 6. The van der Waals surface area contributed by atoms with E-state index in [1.165, 1.54) is 12.1 Å². The number of aromatic carboxylic acids is 1. The molecule has 2 unspecified atom stereocenters. The second-order valence-corrected chi connectivity index (χ2v) is 5.33. The van der Waals surface area contributed by atoms with Gasteiger partial charge in [0.05, 0.1) is 12.1 Å². The van der Waals surface area contributed by atoms with Crippen LogP contribution in [-0.4, -0.2) is 70.4 Å². The summed E-state index contributed by atoms with van der Waals surface area (Å²) < 4.78 is 0. The number of anilines is 1. The molecule has 0 bridgehead atoms. The number of carboxylic acid groups (broad SMARTS) is 3. The van der Waals surface area contributed by atoms with Gasteiger partial charge in [0.2, 0.25) is 0 Å². The summed E-state index contributed by atoms with van der Waals surface area (Å²) in [6.45, 7) is -0.234. The highest BCUT2D eigenvalue weighted by molar-refractivity contribution is 5.87. The molecule has 0 aliphatic rings. The highest BCUT2D eigenvalue weighted by Gasteiger charge is 2.10. The minimum atomic E-state index is -1.17. The van der Waals surface area contributed by atoms with Crippen LogP contribution in [0.2, 0.25) is 0 Å². The molecule has 1 aromatic carbocycles. The molecular formula is C15H26N8O7. The SMILES string of the molecule is NC(=O)NCC(N)C(=O)O.NC(N)=NCC(N)C(=O)O.Nc1ccc(C(=O)O)cc1. The number of benzene rings is 1. The van der Waals surface area contributed by atoms with Crippen LogP contribution in [0.25, 0.3) is 0 Å². The number of carboxylic acids is 3.